The lowest BCUT2D eigenvalue weighted by molar-refractivity contribution is 0.415. The summed E-state index contributed by atoms with van der Waals surface area (Å²) in [6, 6.07) is 18.1. The predicted molar refractivity (Wildman–Crippen MR) is 102 cm³/mol. The maximum Gasteiger partial charge on any atom is 0.137 e. The highest BCUT2D eigenvalue weighted by Crippen LogP contribution is 2.36. The molecular weight excluding hydrogens is 326 g/mol. The molecule has 4 rings (SSSR count). The second kappa shape index (κ2) is 6.88. The molecule has 0 amide bonds. The number of anilines is 1. The van der Waals surface area contributed by atoms with Gasteiger partial charge in [-0.3, -0.25) is 0 Å². The fourth-order valence-electron chi connectivity index (χ4n) is 3.02. The van der Waals surface area contributed by atoms with E-state index in [4.69, 9.17) is 9.15 Å². The van der Waals surface area contributed by atoms with Crippen molar-refractivity contribution in [2.45, 2.75) is 13.0 Å². The number of furan rings is 1. The van der Waals surface area contributed by atoms with Gasteiger partial charge < -0.3 is 14.5 Å². The predicted octanol–water partition coefficient (Wildman–Crippen LogP) is 5.07. The van der Waals surface area contributed by atoms with Gasteiger partial charge in [0.1, 0.15) is 23.7 Å². The van der Waals surface area contributed by atoms with Crippen LogP contribution in [0.25, 0.3) is 22.2 Å². The highest BCUT2D eigenvalue weighted by atomic mass is 16.5. The van der Waals surface area contributed by atoms with Gasteiger partial charge in [-0.25, -0.2) is 9.97 Å². The van der Waals surface area contributed by atoms with Crippen LogP contribution in [0.1, 0.15) is 18.5 Å². The summed E-state index contributed by atoms with van der Waals surface area (Å²) >= 11 is 0. The van der Waals surface area contributed by atoms with Gasteiger partial charge in [0.15, 0.2) is 0 Å². The molecule has 0 aliphatic carbocycles. The molecule has 5 nitrogen and oxygen atoms in total. The van der Waals surface area contributed by atoms with E-state index in [-0.39, 0.29) is 6.04 Å². The first-order chi connectivity index (χ1) is 12.8. The van der Waals surface area contributed by atoms with E-state index in [1.54, 1.807) is 19.7 Å². The number of rotatable bonds is 5. The number of benzene rings is 2. The lowest BCUT2D eigenvalue weighted by Crippen LogP contribution is -2.08. The molecule has 0 saturated heterocycles. The Morgan fingerprint density at radius 1 is 1.04 bits per heavy atom. The van der Waals surface area contributed by atoms with Crippen LogP contribution in [-0.4, -0.2) is 17.1 Å². The van der Waals surface area contributed by atoms with Crippen LogP contribution < -0.4 is 10.1 Å². The summed E-state index contributed by atoms with van der Waals surface area (Å²) < 4.78 is 11.1. The van der Waals surface area contributed by atoms with Crippen molar-refractivity contribution in [1.29, 1.82) is 0 Å². The molecule has 0 radical (unpaired) electrons. The van der Waals surface area contributed by atoms with E-state index in [1.165, 1.54) is 5.56 Å². The summed E-state index contributed by atoms with van der Waals surface area (Å²) in [7, 11) is 1.64. The zero-order valence-corrected chi connectivity index (χ0v) is 14.6. The molecule has 0 bridgehead atoms. The van der Waals surface area contributed by atoms with Gasteiger partial charge >= 0.3 is 0 Å². The molecule has 0 aliphatic heterocycles. The van der Waals surface area contributed by atoms with E-state index in [2.05, 4.69) is 34.3 Å². The van der Waals surface area contributed by atoms with Crippen LogP contribution in [0, 0.1) is 0 Å². The Hall–Kier alpha value is -3.34. The maximum atomic E-state index is 5.56. The Morgan fingerprint density at radius 3 is 2.62 bits per heavy atom. The van der Waals surface area contributed by atoms with Crippen molar-refractivity contribution < 1.29 is 9.15 Å². The highest BCUT2D eigenvalue weighted by Gasteiger charge is 2.15. The summed E-state index contributed by atoms with van der Waals surface area (Å²) in [4.78, 5) is 8.85. The Balaban J connectivity index is 1.79. The van der Waals surface area contributed by atoms with Gasteiger partial charge in [-0.1, -0.05) is 30.3 Å². The van der Waals surface area contributed by atoms with Crippen molar-refractivity contribution in [3.63, 3.8) is 0 Å². The zero-order valence-electron chi connectivity index (χ0n) is 14.6. The minimum Gasteiger partial charge on any atom is -0.496 e. The average Bonchev–Trinajstić information content (AvgIpc) is 3.22. The van der Waals surface area contributed by atoms with Gasteiger partial charge in [-0.15, -0.1) is 0 Å². The standard InChI is InChI=1S/C21H19N3O2/c1-14(15-7-4-3-5-8-15)24-21-16-11-17(19-9-6-10-26-19)20(25-2)12-18(16)22-13-23-21/h3-14H,1-2H3,(H,22,23,24)/t14-/m1/s1. The number of fused-ring (bicyclic) bond motifs is 1. The number of nitrogens with zero attached hydrogens (tertiary/aromatic N) is 2. The van der Waals surface area contributed by atoms with E-state index < -0.39 is 0 Å². The van der Waals surface area contributed by atoms with E-state index >= 15 is 0 Å². The van der Waals surface area contributed by atoms with Crippen molar-refractivity contribution in [3.05, 3.63) is 72.8 Å². The van der Waals surface area contributed by atoms with Crippen LogP contribution in [0.3, 0.4) is 0 Å². The number of hydrogen-bond acceptors (Lipinski definition) is 5. The van der Waals surface area contributed by atoms with E-state index in [9.17, 15) is 0 Å². The number of aromatic nitrogens is 2. The fraction of sp³-hybridized carbons (Fsp3) is 0.143. The molecule has 0 unspecified atom stereocenters. The van der Waals surface area contributed by atoms with Crippen molar-refractivity contribution in [3.8, 4) is 17.1 Å². The van der Waals surface area contributed by atoms with Crippen molar-refractivity contribution in [1.82, 2.24) is 9.97 Å². The molecule has 130 valence electrons. The first kappa shape index (κ1) is 16.1. The number of ether oxygens (including phenoxy) is 1. The summed E-state index contributed by atoms with van der Waals surface area (Å²) in [5.41, 5.74) is 2.88. The molecule has 0 spiro atoms. The number of methoxy groups -OCH3 is 1. The van der Waals surface area contributed by atoms with Crippen LogP contribution in [0.4, 0.5) is 5.82 Å². The topological polar surface area (TPSA) is 60.2 Å². The summed E-state index contributed by atoms with van der Waals surface area (Å²) in [6.07, 6.45) is 3.21. The molecule has 5 heteroatoms. The van der Waals surface area contributed by atoms with Crippen LogP contribution in [-0.2, 0) is 0 Å². The van der Waals surface area contributed by atoms with Crippen molar-refractivity contribution in [2.24, 2.45) is 0 Å². The quantitative estimate of drug-likeness (QED) is 0.547. The zero-order chi connectivity index (χ0) is 17.9. The molecule has 0 aliphatic rings. The van der Waals surface area contributed by atoms with Crippen LogP contribution in [0.5, 0.6) is 5.75 Å². The summed E-state index contributed by atoms with van der Waals surface area (Å²) in [5, 5.41) is 4.41. The smallest absolute Gasteiger partial charge is 0.137 e. The van der Waals surface area contributed by atoms with Gasteiger partial charge in [0.2, 0.25) is 0 Å². The second-order valence-electron chi connectivity index (χ2n) is 6.05. The molecular formula is C21H19N3O2. The first-order valence-corrected chi connectivity index (χ1v) is 8.44. The Morgan fingerprint density at radius 2 is 1.88 bits per heavy atom. The van der Waals surface area contributed by atoms with Crippen LogP contribution >= 0.6 is 0 Å². The Kier molecular flexibility index (Phi) is 4.27. The van der Waals surface area contributed by atoms with E-state index in [0.29, 0.717) is 5.75 Å². The number of hydrogen-bond donors (Lipinski definition) is 1. The third kappa shape index (κ3) is 2.99. The molecule has 26 heavy (non-hydrogen) atoms. The van der Waals surface area contributed by atoms with Gasteiger partial charge in [0.25, 0.3) is 0 Å². The molecule has 4 aromatic rings. The fourth-order valence-corrected chi connectivity index (χ4v) is 3.02. The number of nitrogens with one attached hydrogen (secondary N) is 1. The molecule has 2 aromatic heterocycles. The molecule has 2 heterocycles. The van der Waals surface area contributed by atoms with Crippen molar-refractivity contribution in [2.75, 3.05) is 12.4 Å². The third-order valence-corrected chi connectivity index (χ3v) is 4.40. The first-order valence-electron chi connectivity index (χ1n) is 8.44. The van der Waals surface area contributed by atoms with Crippen LogP contribution in [0.2, 0.25) is 0 Å². The highest BCUT2D eigenvalue weighted by molar-refractivity contribution is 5.94. The monoisotopic (exact) mass is 345 g/mol. The van der Waals surface area contributed by atoms with E-state index in [1.807, 2.05) is 42.5 Å². The molecule has 2 aromatic carbocycles. The lowest BCUT2D eigenvalue weighted by Gasteiger charge is -2.17. The molecule has 0 fully saturated rings. The lowest BCUT2D eigenvalue weighted by atomic mass is 10.1. The summed E-state index contributed by atoms with van der Waals surface area (Å²) in [6.45, 7) is 2.11. The SMILES string of the molecule is COc1cc2ncnc(N[C@H](C)c3ccccc3)c2cc1-c1ccco1. The second-order valence-corrected chi connectivity index (χ2v) is 6.05. The molecule has 1 N–H and O–H groups in total. The summed E-state index contributed by atoms with van der Waals surface area (Å²) in [5.74, 6) is 2.24. The average molecular weight is 345 g/mol. The van der Waals surface area contributed by atoms with Gasteiger partial charge in [-0.2, -0.15) is 0 Å². The minimum atomic E-state index is 0.114. The van der Waals surface area contributed by atoms with E-state index in [0.717, 1.165) is 28.0 Å². The van der Waals surface area contributed by atoms with Gasteiger partial charge in [0.05, 0.1) is 24.5 Å². The largest absolute Gasteiger partial charge is 0.496 e. The maximum absolute atomic E-state index is 5.56. The van der Waals surface area contributed by atoms with Crippen LogP contribution in [0.15, 0.2) is 71.6 Å². The molecule has 1 atom stereocenters. The van der Waals surface area contributed by atoms with Gasteiger partial charge in [0, 0.05) is 17.5 Å². The third-order valence-electron chi connectivity index (χ3n) is 4.40. The molecule has 0 saturated carbocycles. The van der Waals surface area contributed by atoms with Crippen molar-refractivity contribution >= 4 is 16.7 Å². The Bertz CT molecular complexity index is 1010. The minimum absolute atomic E-state index is 0.114. The van der Waals surface area contributed by atoms with Gasteiger partial charge in [-0.05, 0) is 30.7 Å². The Labute approximate surface area is 151 Å². The normalized spacial score (nSPS) is 12.1.